The van der Waals surface area contributed by atoms with Gasteiger partial charge in [-0.1, -0.05) is 0 Å². The lowest BCUT2D eigenvalue weighted by Crippen LogP contribution is -2.35. The van der Waals surface area contributed by atoms with Crippen LogP contribution in [0.5, 0.6) is 17.2 Å². The number of hydrogen-bond acceptors (Lipinski definition) is 6. The first-order valence-corrected chi connectivity index (χ1v) is 8.94. The zero-order valence-electron chi connectivity index (χ0n) is 15.3. The van der Waals surface area contributed by atoms with E-state index >= 15 is 0 Å². The molecule has 8 nitrogen and oxygen atoms in total. The molecule has 0 unspecified atom stereocenters. The second-order valence-electron chi connectivity index (χ2n) is 6.85. The number of imidazole rings is 1. The number of hydrogen-bond donors (Lipinski definition) is 1. The average molecular weight is 367 g/mol. The Labute approximate surface area is 156 Å². The molecule has 0 aliphatic carbocycles. The van der Waals surface area contributed by atoms with E-state index in [1.807, 2.05) is 30.1 Å². The van der Waals surface area contributed by atoms with Crippen LogP contribution < -0.4 is 14.2 Å². The highest BCUT2D eigenvalue weighted by Crippen LogP contribution is 2.40. The molecule has 3 aromatic rings. The predicted octanol–water partition coefficient (Wildman–Crippen LogP) is 2.03. The Kier molecular flexibility index (Phi) is 3.78. The second kappa shape index (κ2) is 6.31. The van der Waals surface area contributed by atoms with Crippen molar-refractivity contribution in [2.24, 2.45) is 7.05 Å². The van der Waals surface area contributed by atoms with Crippen LogP contribution >= 0.6 is 0 Å². The summed E-state index contributed by atoms with van der Waals surface area (Å²) in [7, 11) is 3.62. The Morgan fingerprint density at radius 1 is 1.30 bits per heavy atom. The summed E-state index contributed by atoms with van der Waals surface area (Å²) in [5.41, 5.74) is 4.45. The minimum atomic E-state index is 0.0452. The molecule has 140 valence electrons. The SMILES string of the molecule is COc1cc2c(cc1CN1CCc3[nH]cnc3[C@@H]1c1cnn(C)c1)OCO2. The summed E-state index contributed by atoms with van der Waals surface area (Å²) in [5, 5.41) is 4.36. The normalized spacial score (nSPS) is 18.5. The molecule has 27 heavy (non-hydrogen) atoms. The van der Waals surface area contributed by atoms with Gasteiger partial charge in [0.1, 0.15) is 5.75 Å². The third-order valence-corrected chi connectivity index (χ3v) is 5.21. The van der Waals surface area contributed by atoms with Gasteiger partial charge in [0.25, 0.3) is 0 Å². The Balaban J connectivity index is 1.52. The molecule has 2 aliphatic rings. The molecule has 0 saturated carbocycles. The van der Waals surface area contributed by atoms with Crippen LogP contribution in [0.1, 0.15) is 28.6 Å². The maximum atomic E-state index is 5.61. The van der Waals surface area contributed by atoms with Gasteiger partial charge in [0, 0.05) is 55.6 Å². The Hall–Kier alpha value is -3.00. The zero-order chi connectivity index (χ0) is 18.4. The van der Waals surface area contributed by atoms with Gasteiger partial charge >= 0.3 is 0 Å². The van der Waals surface area contributed by atoms with Crippen molar-refractivity contribution in [1.29, 1.82) is 0 Å². The Morgan fingerprint density at radius 2 is 2.15 bits per heavy atom. The fourth-order valence-corrected chi connectivity index (χ4v) is 3.94. The Morgan fingerprint density at radius 3 is 2.93 bits per heavy atom. The van der Waals surface area contributed by atoms with Crippen molar-refractivity contribution >= 4 is 0 Å². The van der Waals surface area contributed by atoms with E-state index < -0.39 is 0 Å². The van der Waals surface area contributed by atoms with Crippen LogP contribution in [0.25, 0.3) is 0 Å². The van der Waals surface area contributed by atoms with Gasteiger partial charge in [0.2, 0.25) is 6.79 Å². The maximum absolute atomic E-state index is 5.61. The molecule has 0 bridgehead atoms. The van der Waals surface area contributed by atoms with E-state index in [4.69, 9.17) is 14.2 Å². The van der Waals surface area contributed by atoms with Crippen LogP contribution in [-0.2, 0) is 20.0 Å². The van der Waals surface area contributed by atoms with E-state index in [-0.39, 0.29) is 12.8 Å². The molecule has 1 aromatic carbocycles. The summed E-state index contributed by atoms with van der Waals surface area (Å²) in [5.74, 6) is 2.30. The van der Waals surface area contributed by atoms with Crippen LogP contribution in [-0.4, -0.2) is 45.1 Å². The van der Waals surface area contributed by atoms with Crippen molar-refractivity contribution in [3.8, 4) is 17.2 Å². The molecule has 0 fully saturated rings. The first-order chi connectivity index (χ1) is 13.2. The fraction of sp³-hybridized carbons (Fsp3) is 0.368. The number of methoxy groups -OCH3 is 1. The van der Waals surface area contributed by atoms with Gasteiger partial charge in [-0.25, -0.2) is 4.98 Å². The number of aryl methyl sites for hydroxylation is 1. The van der Waals surface area contributed by atoms with Gasteiger partial charge < -0.3 is 19.2 Å². The third-order valence-electron chi connectivity index (χ3n) is 5.21. The van der Waals surface area contributed by atoms with Crippen LogP contribution in [0.15, 0.2) is 30.9 Å². The molecule has 8 heteroatoms. The van der Waals surface area contributed by atoms with Gasteiger partial charge in [0.05, 0.1) is 31.4 Å². The largest absolute Gasteiger partial charge is 0.496 e. The lowest BCUT2D eigenvalue weighted by molar-refractivity contribution is 0.173. The summed E-state index contributed by atoms with van der Waals surface area (Å²) in [6.45, 7) is 1.87. The molecule has 4 heterocycles. The maximum Gasteiger partial charge on any atom is 0.231 e. The number of nitrogens with one attached hydrogen (secondary N) is 1. The smallest absolute Gasteiger partial charge is 0.231 e. The molecule has 2 aromatic heterocycles. The third kappa shape index (κ3) is 2.73. The number of aromatic nitrogens is 4. The number of H-pyrrole nitrogens is 1. The van der Waals surface area contributed by atoms with Crippen LogP contribution in [0, 0.1) is 0 Å². The number of benzene rings is 1. The van der Waals surface area contributed by atoms with E-state index in [0.29, 0.717) is 6.54 Å². The summed E-state index contributed by atoms with van der Waals surface area (Å²) >= 11 is 0. The predicted molar refractivity (Wildman–Crippen MR) is 96.9 cm³/mol. The van der Waals surface area contributed by atoms with E-state index in [2.05, 4.69) is 26.2 Å². The molecule has 0 radical (unpaired) electrons. The molecule has 0 amide bonds. The average Bonchev–Trinajstić information content (AvgIpc) is 3.40. The highest BCUT2D eigenvalue weighted by molar-refractivity contribution is 5.52. The molecule has 1 atom stereocenters. The van der Waals surface area contributed by atoms with Crippen LogP contribution in [0.3, 0.4) is 0 Å². The molecule has 0 spiro atoms. The van der Waals surface area contributed by atoms with Crippen molar-refractivity contribution in [2.75, 3.05) is 20.4 Å². The molecule has 2 aliphatic heterocycles. The number of nitrogens with zero attached hydrogens (tertiary/aromatic N) is 4. The summed E-state index contributed by atoms with van der Waals surface area (Å²) in [6, 6.07) is 3.96. The number of aromatic amines is 1. The molecule has 0 saturated heterocycles. The summed E-state index contributed by atoms with van der Waals surface area (Å²) in [4.78, 5) is 10.3. The summed E-state index contributed by atoms with van der Waals surface area (Å²) in [6.07, 6.45) is 6.67. The highest BCUT2D eigenvalue weighted by atomic mass is 16.7. The first kappa shape index (κ1) is 16.2. The number of rotatable bonds is 4. The van der Waals surface area contributed by atoms with Crippen molar-refractivity contribution in [1.82, 2.24) is 24.6 Å². The number of fused-ring (bicyclic) bond motifs is 2. The standard InChI is InChI=1S/C19H21N5O3/c1-23-8-13(7-22-23)19-18-14(20-10-21-18)3-4-24(19)9-12-5-16-17(27-11-26-16)6-15(12)25-2/h5-8,10,19H,3-4,9,11H2,1-2H3,(H,20,21)/t19-/m0/s1. The minimum absolute atomic E-state index is 0.0452. The van der Waals surface area contributed by atoms with Gasteiger partial charge in [-0.15, -0.1) is 0 Å². The molecular formula is C19H21N5O3. The van der Waals surface area contributed by atoms with Gasteiger partial charge in [-0.3, -0.25) is 9.58 Å². The van der Waals surface area contributed by atoms with Crippen molar-refractivity contribution < 1.29 is 14.2 Å². The highest BCUT2D eigenvalue weighted by Gasteiger charge is 2.32. The quantitative estimate of drug-likeness (QED) is 0.760. The van der Waals surface area contributed by atoms with Crippen molar-refractivity contribution in [2.45, 2.75) is 19.0 Å². The molecule has 1 N–H and O–H groups in total. The summed E-state index contributed by atoms with van der Waals surface area (Å²) < 4.78 is 18.5. The number of ether oxygens (including phenoxy) is 3. The Bertz CT molecular complexity index is 980. The second-order valence-corrected chi connectivity index (χ2v) is 6.85. The zero-order valence-corrected chi connectivity index (χ0v) is 15.3. The first-order valence-electron chi connectivity index (χ1n) is 8.94. The van der Waals surface area contributed by atoms with Gasteiger partial charge in [0.15, 0.2) is 11.5 Å². The monoisotopic (exact) mass is 367 g/mol. The minimum Gasteiger partial charge on any atom is -0.496 e. The molecular weight excluding hydrogens is 346 g/mol. The lowest BCUT2D eigenvalue weighted by Gasteiger charge is -2.34. The lowest BCUT2D eigenvalue weighted by atomic mass is 9.97. The van der Waals surface area contributed by atoms with E-state index in [9.17, 15) is 0 Å². The van der Waals surface area contributed by atoms with Crippen LogP contribution in [0.4, 0.5) is 0 Å². The van der Waals surface area contributed by atoms with Crippen molar-refractivity contribution in [3.05, 3.63) is 53.4 Å². The van der Waals surface area contributed by atoms with E-state index in [1.54, 1.807) is 13.4 Å². The topological polar surface area (TPSA) is 77.4 Å². The fourth-order valence-electron chi connectivity index (χ4n) is 3.94. The van der Waals surface area contributed by atoms with Gasteiger partial charge in [-0.05, 0) is 6.07 Å². The van der Waals surface area contributed by atoms with E-state index in [1.165, 1.54) is 5.69 Å². The van der Waals surface area contributed by atoms with E-state index in [0.717, 1.165) is 47.0 Å². The van der Waals surface area contributed by atoms with Crippen molar-refractivity contribution in [3.63, 3.8) is 0 Å². The van der Waals surface area contributed by atoms with Gasteiger partial charge in [-0.2, -0.15) is 5.10 Å². The molecule has 5 rings (SSSR count). The van der Waals surface area contributed by atoms with Crippen LogP contribution in [0.2, 0.25) is 0 Å².